The Kier molecular flexibility index (Phi) is 6.31. The van der Waals surface area contributed by atoms with E-state index in [1.165, 1.54) is 6.07 Å². The minimum Gasteiger partial charge on any atom is -0.399 e. The Morgan fingerprint density at radius 2 is 1.68 bits per heavy atom. The minimum absolute atomic E-state index is 0.291. The molecule has 0 heterocycles. The van der Waals surface area contributed by atoms with Crippen molar-refractivity contribution < 1.29 is 8.42 Å². The molecule has 0 aromatic heterocycles. The molecule has 0 radical (unpaired) electrons. The molecule has 0 saturated carbocycles. The minimum atomic E-state index is -3.41. The smallest absolute Gasteiger partial charge is 0.243 e. The third-order valence-corrected chi connectivity index (χ3v) is 4.91. The lowest BCUT2D eigenvalue weighted by Crippen LogP contribution is -2.33. The number of hydrogen-bond acceptors (Lipinski definition) is 3. The van der Waals surface area contributed by atoms with E-state index in [2.05, 4.69) is 13.8 Å². The second-order valence-electron chi connectivity index (χ2n) is 4.68. The van der Waals surface area contributed by atoms with E-state index in [4.69, 9.17) is 5.73 Å². The molecule has 0 fully saturated rings. The SMILES string of the molecule is CCCCN(CCCC)S(=O)(=O)c1cccc(N)c1. The van der Waals surface area contributed by atoms with Crippen molar-refractivity contribution in [3.05, 3.63) is 24.3 Å². The average Bonchev–Trinajstić information content (AvgIpc) is 2.38. The quantitative estimate of drug-likeness (QED) is 0.747. The lowest BCUT2D eigenvalue weighted by atomic mass is 10.3. The lowest BCUT2D eigenvalue weighted by Gasteiger charge is -2.22. The maximum atomic E-state index is 12.6. The molecule has 5 heteroatoms. The summed E-state index contributed by atoms with van der Waals surface area (Å²) in [5.74, 6) is 0. The normalized spacial score (nSPS) is 11.9. The first kappa shape index (κ1) is 16.0. The number of benzene rings is 1. The van der Waals surface area contributed by atoms with Gasteiger partial charge in [-0.3, -0.25) is 0 Å². The van der Waals surface area contributed by atoms with E-state index in [1.54, 1.807) is 22.5 Å². The standard InChI is InChI=1S/C14H24N2O2S/c1-3-5-10-16(11-6-4-2)19(17,18)14-9-7-8-13(15)12-14/h7-9,12H,3-6,10-11,15H2,1-2H3. The summed E-state index contributed by atoms with van der Waals surface area (Å²) in [6.45, 7) is 5.28. The van der Waals surface area contributed by atoms with Crippen LogP contribution in [-0.4, -0.2) is 25.8 Å². The van der Waals surface area contributed by atoms with E-state index in [0.29, 0.717) is 23.7 Å². The van der Waals surface area contributed by atoms with Crippen LogP contribution in [-0.2, 0) is 10.0 Å². The zero-order valence-corrected chi connectivity index (χ0v) is 12.6. The Labute approximate surface area is 116 Å². The molecule has 2 N–H and O–H groups in total. The highest BCUT2D eigenvalue weighted by molar-refractivity contribution is 7.89. The zero-order chi connectivity index (χ0) is 14.3. The molecule has 0 aliphatic rings. The molecule has 0 saturated heterocycles. The van der Waals surface area contributed by atoms with Crippen LogP contribution in [0.4, 0.5) is 5.69 Å². The highest BCUT2D eigenvalue weighted by atomic mass is 32.2. The molecule has 108 valence electrons. The zero-order valence-electron chi connectivity index (χ0n) is 11.8. The summed E-state index contributed by atoms with van der Waals surface area (Å²) >= 11 is 0. The second kappa shape index (κ2) is 7.50. The van der Waals surface area contributed by atoms with Crippen LogP contribution in [0.3, 0.4) is 0 Å². The second-order valence-corrected chi connectivity index (χ2v) is 6.62. The number of nitrogen functional groups attached to an aromatic ring is 1. The largest absolute Gasteiger partial charge is 0.399 e. The van der Waals surface area contributed by atoms with Gasteiger partial charge in [0, 0.05) is 18.8 Å². The van der Waals surface area contributed by atoms with Crippen LogP contribution in [0, 0.1) is 0 Å². The van der Waals surface area contributed by atoms with Crippen molar-refractivity contribution in [1.82, 2.24) is 4.31 Å². The first-order valence-corrected chi connectivity index (χ1v) is 8.32. The van der Waals surface area contributed by atoms with Crippen LogP contribution in [0.15, 0.2) is 29.2 Å². The molecule has 0 aliphatic heterocycles. The maximum absolute atomic E-state index is 12.6. The molecule has 0 aliphatic carbocycles. The number of sulfonamides is 1. The number of nitrogens with zero attached hydrogens (tertiary/aromatic N) is 1. The molecule has 4 nitrogen and oxygen atoms in total. The highest BCUT2D eigenvalue weighted by Crippen LogP contribution is 2.19. The summed E-state index contributed by atoms with van der Waals surface area (Å²) in [4.78, 5) is 0.291. The van der Waals surface area contributed by atoms with Crippen LogP contribution in [0.5, 0.6) is 0 Å². The van der Waals surface area contributed by atoms with E-state index >= 15 is 0 Å². The third kappa shape index (κ3) is 4.51. The average molecular weight is 284 g/mol. The predicted octanol–water partition coefficient (Wildman–Crippen LogP) is 2.86. The van der Waals surface area contributed by atoms with Gasteiger partial charge in [-0.1, -0.05) is 32.8 Å². The molecule has 1 rings (SSSR count). The van der Waals surface area contributed by atoms with Gasteiger partial charge in [0.25, 0.3) is 0 Å². The van der Waals surface area contributed by atoms with Gasteiger partial charge in [0.1, 0.15) is 0 Å². The molecule has 0 spiro atoms. The van der Waals surface area contributed by atoms with Gasteiger partial charge in [0.2, 0.25) is 10.0 Å². The van der Waals surface area contributed by atoms with Gasteiger partial charge in [0.15, 0.2) is 0 Å². The van der Waals surface area contributed by atoms with Crippen LogP contribution in [0.1, 0.15) is 39.5 Å². The van der Waals surface area contributed by atoms with Gasteiger partial charge in [-0.15, -0.1) is 0 Å². The van der Waals surface area contributed by atoms with Gasteiger partial charge >= 0.3 is 0 Å². The molecule has 0 amide bonds. The summed E-state index contributed by atoms with van der Waals surface area (Å²) in [5, 5.41) is 0. The summed E-state index contributed by atoms with van der Waals surface area (Å²) in [6, 6.07) is 6.51. The fourth-order valence-corrected chi connectivity index (χ4v) is 3.42. The van der Waals surface area contributed by atoms with E-state index in [-0.39, 0.29) is 0 Å². The highest BCUT2D eigenvalue weighted by Gasteiger charge is 2.23. The maximum Gasteiger partial charge on any atom is 0.243 e. The Hall–Kier alpha value is -1.07. The summed E-state index contributed by atoms with van der Waals surface area (Å²) in [5.41, 5.74) is 6.15. The molecule has 1 aromatic carbocycles. The first-order valence-electron chi connectivity index (χ1n) is 6.88. The topological polar surface area (TPSA) is 63.4 Å². The van der Waals surface area contributed by atoms with Crippen LogP contribution in [0.2, 0.25) is 0 Å². The van der Waals surface area contributed by atoms with E-state index in [1.807, 2.05) is 0 Å². The van der Waals surface area contributed by atoms with Crippen molar-refractivity contribution in [2.75, 3.05) is 18.8 Å². The molecule has 19 heavy (non-hydrogen) atoms. The van der Waals surface area contributed by atoms with Crippen LogP contribution in [0.25, 0.3) is 0 Å². The molecule has 0 unspecified atom stereocenters. The van der Waals surface area contributed by atoms with Gasteiger partial charge in [-0.2, -0.15) is 4.31 Å². The summed E-state index contributed by atoms with van der Waals surface area (Å²) < 4.78 is 26.7. The van der Waals surface area contributed by atoms with Gasteiger partial charge < -0.3 is 5.73 Å². The molecular weight excluding hydrogens is 260 g/mol. The Morgan fingerprint density at radius 3 is 2.16 bits per heavy atom. The van der Waals surface area contributed by atoms with E-state index in [9.17, 15) is 8.42 Å². The van der Waals surface area contributed by atoms with Crippen molar-refractivity contribution in [2.24, 2.45) is 0 Å². The number of nitrogens with two attached hydrogens (primary N) is 1. The van der Waals surface area contributed by atoms with Crippen molar-refractivity contribution in [1.29, 1.82) is 0 Å². The van der Waals surface area contributed by atoms with Crippen molar-refractivity contribution in [3.8, 4) is 0 Å². The third-order valence-electron chi connectivity index (χ3n) is 3.02. The van der Waals surface area contributed by atoms with Crippen LogP contribution >= 0.6 is 0 Å². The monoisotopic (exact) mass is 284 g/mol. The van der Waals surface area contributed by atoms with Crippen molar-refractivity contribution >= 4 is 15.7 Å². The predicted molar refractivity (Wildman–Crippen MR) is 79.4 cm³/mol. The van der Waals surface area contributed by atoms with Crippen molar-refractivity contribution in [3.63, 3.8) is 0 Å². The molecular formula is C14H24N2O2S. The Balaban J connectivity index is 2.97. The fourth-order valence-electron chi connectivity index (χ4n) is 1.85. The molecule has 0 atom stereocenters. The van der Waals surface area contributed by atoms with E-state index in [0.717, 1.165) is 25.7 Å². The summed E-state index contributed by atoms with van der Waals surface area (Å²) in [7, 11) is -3.41. The van der Waals surface area contributed by atoms with Crippen LogP contribution < -0.4 is 5.73 Å². The Morgan fingerprint density at radius 1 is 1.11 bits per heavy atom. The number of hydrogen-bond donors (Lipinski definition) is 1. The van der Waals surface area contributed by atoms with Gasteiger partial charge in [-0.05, 0) is 31.0 Å². The molecule has 0 bridgehead atoms. The van der Waals surface area contributed by atoms with Crippen molar-refractivity contribution in [2.45, 2.75) is 44.4 Å². The number of rotatable bonds is 8. The van der Waals surface area contributed by atoms with Gasteiger partial charge in [-0.25, -0.2) is 8.42 Å². The lowest BCUT2D eigenvalue weighted by molar-refractivity contribution is 0.395. The molecule has 1 aromatic rings. The first-order chi connectivity index (χ1) is 9.02. The fraction of sp³-hybridized carbons (Fsp3) is 0.571. The number of anilines is 1. The number of unbranched alkanes of at least 4 members (excludes halogenated alkanes) is 2. The Bertz CT molecular complexity index is 478. The van der Waals surface area contributed by atoms with Gasteiger partial charge in [0.05, 0.1) is 4.90 Å². The van der Waals surface area contributed by atoms with E-state index < -0.39 is 10.0 Å². The summed E-state index contributed by atoms with van der Waals surface area (Å²) in [6.07, 6.45) is 3.72.